The molecule has 0 N–H and O–H groups in total. The first-order valence-electron chi connectivity index (χ1n) is 5.93. The normalized spacial score (nSPS) is 10.4. The van der Waals surface area contributed by atoms with Gasteiger partial charge in [0, 0.05) is 11.9 Å². The summed E-state index contributed by atoms with van der Waals surface area (Å²) in [6, 6.07) is 8.56. The molecule has 2 rings (SSSR count). The third-order valence-electron chi connectivity index (χ3n) is 2.70. The van der Waals surface area contributed by atoms with Crippen molar-refractivity contribution in [2.45, 2.75) is 12.5 Å². The molecule has 0 radical (unpaired) electrons. The molecule has 2 nitrogen and oxygen atoms in total. The summed E-state index contributed by atoms with van der Waals surface area (Å²) >= 11 is 5.76. The minimum atomic E-state index is -0.634. The summed E-state index contributed by atoms with van der Waals surface area (Å²) in [7, 11) is 1.52. The van der Waals surface area contributed by atoms with Crippen molar-refractivity contribution in [2.24, 2.45) is 0 Å². The van der Waals surface area contributed by atoms with Gasteiger partial charge in [-0.15, -0.1) is 11.6 Å². The SMILES string of the molecule is COc1ccc(CCl)cc1OCc1cc(F)cc(F)c1. The number of ether oxygens (including phenoxy) is 2. The minimum Gasteiger partial charge on any atom is -0.493 e. The Labute approximate surface area is 120 Å². The standard InChI is InChI=1S/C15H13ClF2O2/c1-19-14-3-2-10(8-16)6-15(14)20-9-11-4-12(17)7-13(18)5-11/h2-7H,8-9H2,1H3. The van der Waals surface area contributed by atoms with E-state index in [2.05, 4.69) is 0 Å². The molecule has 0 saturated carbocycles. The van der Waals surface area contributed by atoms with Gasteiger partial charge in [-0.2, -0.15) is 0 Å². The highest BCUT2D eigenvalue weighted by Gasteiger charge is 2.07. The van der Waals surface area contributed by atoms with E-state index in [1.807, 2.05) is 6.07 Å². The predicted octanol–water partition coefficient (Wildman–Crippen LogP) is 4.29. The van der Waals surface area contributed by atoms with Gasteiger partial charge < -0.3 is 9.47 Å². The maximum absolute atomic E-state index is 13.1. The Hall–Kier alpha value is -1.81. The van der Waals surface area contributed by atoms with Crippen LogP contribution >= 0.6 is 11.6 Å². The van der Waals surface area contributed by atoms with Gasteiger partial charge in [0.25, 0.3) is 0 Å². The van der Waals surface area contributed by atoms with Crippen LogP contribution in [0, 0.1) is 11.6 Å². The molecule has 0 bridgehead atoms. The molecule has 0 aromatic heterocycles. The maximum Gasteiger partial charge on any atom is 0.161 e. The zero-order chi connectivity index (χ0) is 14.5. The van der Waals surface area contributed by atoms with Crippen molar-refractivity contribution in [1.29, 1.82) is 0 Å². The number of hydrogen-bond acceptors (Lipinski definition) is 2. The average molecular weight is 299 g/mol. The van der Waals surface area contributed by atoms with Gasteiger partial charge in [0.1, 0.15) is 18.2 Å². The fourth-order valence-corrected chi connectivity index (χ4v) is 1.94. The van der Waals surface area contributed by atoms with Gasteiger partial charge in [0.15, 0.2) is 11.5 Å². The van der Waals surface area contributed by atoms with E-state index in [9.17, 15) is 8.78 Å². The first kappa shape index (κ1) is 14.6. The van der Waals surface area contributed by atoms with Crippen LogP contribution in [0.2, 0.25) is 0 Å². The zero-order valence-electron chi connectivity index (χ0n) is 10.8. The van der Waals surface area contributed by atoms with Gasteiger partial charge in [-0.3, -0.25) is 0 Å². The number of benzene rings is 2. The van der Waals surface area contributed by atoms with Gasteiger partial charge in [0.2, 0.25) is 0 Å². The van der Waals surface area contributed by atoms with Crippen molar-refractivity contribution in [1.82, 2.24) is 0 Å². The van der Waals surface area contributed by atoms with Crippen molar-refractivity contribution >= 4 is 11.6 Å². The largest absolute Gasteiger partial charge is 0.493 e. The second-order valence-corrected chi connectivity index (χ2v) is 4.45. The molecule has 0 aliphatic carbocycles. The number of alkyl halides is 1. The number of methoxy groups -OCH3 is 1. The van der Waals surface area contributed by atoms with E-state index < -0.39 is 11.6 Å². The van der Waals surface area contributed by atoms with Crippen LogP contribution in [0.4, 0.5) is 8.78 Å². The summed E-state index contributed by atoms with van der Waals surface area (Å²) in [5.41, 5.74) is 1.27. The molecule has 106 valence electrons. The molecular formula is C15H13ClF2O2. The van der Waals surface area contributed by atoms with Crippen molar-refractivity contribution in [3.8, 4) is 11.5 Å². The lowest BCUT2D eigenvalue weighted by Crippen LogP contribution is -1.99. The molecule has 2 aromatic carbocycles. The number of halogens is 3. The molecule has 0 saturated heterocycles. The van der Waals surface area contributed by atoms with Crippen LogP contribution in [0.3, 0.4) is 0 Å². The van der Waals surface area contributed by atoms with Crippen molar-refractivity contribution < 1.29 is 18.3 Å². The van der Waals surface area contributed by atoms with Gasteiger partial charge >= 0.3 is 0 Å². The van der Waals surface area contributed by atoms with E-state index in [1.54, 1.807) is 12.1 Å². The van der Waals surface area contributed by atoms with Crippen LogP contribution in [0.5, 0.6) is 11.5 Å². The highest BCUT2D eigenvalue weighted by molar-refractivity contribution is 6.17. The van der Waals surface area contributed by atoms with Crippen molar-refractivity contribution in [3.05, 3.63) is 59.2 Å². The fourth-order valence-electron chi connectivity index (χ4n) is 1.77. The van der Waals surface area contributed by atoms with Crippen LogP contribution < -0.4 is 9.47 Å². The number of rotatable bonds is 5. The Morgan fingerprint density at radius 1 is 0.950 bits per heavy atom. The quantitative estimate of drug-likeness (QED) is 0.767. The van der Waals surface area contributed by atoms with E-state index >= 15 is 0 Å². The Kier molecular flexibility index (Phi) is 4.79. The lowest BCUT2D eigenvalue weighted by molar-refractivity contribution is 0.283. The van der Waals surface area contributed by atoms with E-state index in [0.717, 1.165) is 11.6 Å². The van der Waals surface area contributed by atoms with Crippen molar-refractivity contribution in [2.75, 3.05) is 7.11 Å². The molecule has 0 heterocycles. The predicted molar refractivity (Wildman–Crippen MR) is 73.2 cm³/mol. The minimum absolute atomic E-state index is 0.0385. The summed E-state index contributed by atoms with van der Waals surface area (Å²) < 4.78 is 36.9. The summed E-state index contributed by atoms with van der Waals surface area (Å²) in [5, 5.41) is 0. The van der Waals surface area contributed by atoms with Crippen LogP contribution in [0.1, 0.15) is 11.1 Å². The first-order chi connectivity index (χ1) is 9.62. The van der Waals surface area contributed by atoms with E-state index in [0.29, 0.717) is 22.9 Å². The Morgan fingerprint density at radius 2 is 1.65 bits per heavy atom. The van der Waals surface area contributed by atoms with Crippen LogP contribution in [-0.4, -0.2) is 7.11 Å². The average Bonchev–Trinajstić information content (AvgIpc) is 2.43. The van der Waals surface area contributed by atoms with Gasteiger partial charge in [-0.25, -0.2) is 8.78 Å². The first-order valence-corrected chi connectivity index (χ1v) is 6.46. The molecule has 0 amide bonds. The fraction of sp³-hybridized carbons (Fsp3) is 0.200. The third-order valence-corrected chi connectivity index (χ3v) is 3.01. The molecule has 2 aromatic rings. The second kappa shape index (κ2) is 6.57. The van der Waals surface area contributed by atoms with Gasteiger partial charge in [0.05, 0.1) is 7.11 Å². The molecule has 20 heavy (non-hydrogen) atoms. The van der Waals surface area contributed by atoms with Crippen LogP contribution in [0.25, 0.3) is 0 Å². The Bertz CT molecular complexity index is 582. The molecule has 0 fully saturated rings. The van der Waals surface area contributed by atoms with Crippen LogP contribution in [-0.2, 0) is 12.5 Å². The third kappa shape index (κ3) is 3.61. The summed E-state index contributed by atoms with van der Waals surface area (Å²) in [6.07, 6.45) is 0. The summed E-state index contributed by atoms with van der Waals surface area (Å²) in [5.74, 6) is 0.0933. The molecule has 0 unspecified atom stereocenters. The second-order valence-electron chi connectivity index (χ2n) is 4.19. The van der Waals surface area contributed by atoms with E-state index in [4.69, 9.17) is 21.1 Å². The molecule has 5 heteroatoms. The van der Waals surface area contributed by atoms with E-state index in [-0.39, 0.29) is 6.61 Å². The lowest BCUT2D eigenvalue weighted by atomic mass is 10.2. The molecule has 0 aliphatic heterocycles. The van der Waals surface area contributed by atoms with E-state index in [1.165, 1.54) is 19.2 Å². The Morgan fingerprint density at radius 3 is 2.25 bits per heavy atom. The number of hydrogen-bond donors (Lipinski definition) is 0. The van der Waals surface area contributed by atoms with Gasteiger partial charge in [-0.1, -0.05) is 6.07 Å². The topological polar surface area (TPSA) is 18.5 Å². The van der Waals surface area contributed by atoms with Crippen LogP contribution in [0.15, 0.2) is 36.4 Å². The highest BCUT2D eigenvalue weighted by atomic mass is 35.5. The smallest absolute Gasteiger partial charge is 0.161 e. The maximum atomic E-state index is 13.1. The zero-order valence-corrected chi connectivity index (χ0v) is 11.6. The van der Waals surface area contributed by atoms with Gasteiger partial charge in [-0.05, 0) is 35.4 Å². The monoisotopic (exact) mass is 298 g/mol. The lowest BCUT2D eigenvalue weighted by Gasteiger charge is -2.12. The molecule has 0 atom stereocenters. The molecule has 0 aliphatic rings. The summed E-state index contributed by atoms with van der Waals surface area (Å²) in [4.78, 5) is 0. The summed E-state index contributed by atoms with van der Waals surface area (Å²) in [6.45, 7) is 0.0385. The molecule has 0 spiro atoms. The Balaban J connectivity index is 2.17. The highest BCUT2D eigenvalue weighted by Crippen LogP contribution is 2.29. The van der Waals surface area contributed by atoms with Crippen molar-refractivity contribution in [3.63, 3.8) is 0 Å². The molecular weight excluding hydrogens is 286 g/mol.